The molecule has 21 heavy (non-hydrogen) atoms. The number of rotatable bonds is 4. The fraction of sp³-hybridized carbons (Fsp3) is 0.235. The van der Waals surface area contributed by atoms with Crippen molar-refractivity contribution in [2.45, 2.75) is 26.7 Å². The number of hydrogen-bond acceptors (Lipinski definition) is 2. The number of hydrogen-bond donors (Lipinski definition) is 0. The molecule has 0 aromatic heterocycles. The summed E-state index contributed by atoms with van der Waals surface area (Å²) in [5, 5.41) is 0. The van der Waals surface area contributed by atoms with E-state index >= 15 is 0 Å². The standard InChI is InChI=1S/C17H16BrFO2/c1-10(2)14-9-12(18)7-8-16(14)21-17-13(11(3)20)5-4-6-15(17)19/h4-10H,1-3H3. The van der Waals surface area contributed by atoms with Gasteiger partial charge in [-0.15, -0.1) is 0 Å². The normalized spacial score (nSPS) is 10.8. The molecule has 0 radical (unpaired) electrons. The number of halogens is 2. The molecule has 0 amide bonds. The molecule has 4 heteroatoms. The molecule has 2 aromatic carbocycles. The van der Waals surface area contributed by atoms with Crippen LogP contribution in [0.2, 0.25) is 0 Å². The Morgan fingerprint density at radius 2 is 1.95 bits per heavy atom. The summed E-state index contributed by atoms with van der Waals surface area (Å²) >= 11 is 3.42. The van der Waals surface area contributed by atoms with Crippen LogP contribution in [0.25, 0.3) is 0 Å². The summed E-state index contributed by atoms with van der Waals surface area (Å²) in [4.78, 5) is 11.6. The minimum Gasteiger partial charge on any atom is -0.453 e. The lowest BCUT2D eigenvalue weighted by molar-refractivity contribution is 0.101. The Kier molecular flexibility index (Phi) is 4.78. The van der Waals surface area contributed by atoms with Gasteiger partial charge in [-0.2, -0.15) is 0 Å². The molecule has 0 aliphatic rings. The third kappa shape index (κ3) is 3.50. The molecule has 110 valence electrons. The van der Waals surface area contributed by atoms with Crippen LogP contribution in [0.5, 0.6) is 11.5 Å². The van der Waals surface area contributed by atoms with Crippen LogP contribution in [-0.4, -0.2) is 5.78 Å². The zero-order valence-corrected chi connectivity index (χ0v) is 13.7. The first-order valence-corrected chi connectivity index (χ1v) is 7.46. The van der Waals surface area contributed by atoms with Gasteiger partial charge in [0.05, 0.1) is 5.56 Å². The first-order chi connectivity index (χ1) is 9.90. The van der Waals surface area contributed by atoms with Crippen molar-refractivity contribution in [1.29, 1.82) is 0 Å². The van der Waals surface area contributed by atoms with Crippen molar-refractivity contribution >= 4 is 21.7 Å². The highest BCUT2D eigenvalue weighted by Crippen LogP contribution is 2.35. The van der Waals surface area contributed by atoms with Gasteiger partial charge in [0.25, 0.3) is 0 Å². The van der Waals surface area contributed by atoms with Gasteiger partial charge in [0, 0.05) is 4.47 Å². The zero-order valence-electron chi connectivity index (χ0n) is 12.1. The Hall–Kier alpha value is -1.68. The van der Waals surface area contributed by atoms with Crippen molar-refractivity contribution in [3.05, 3.63) is 57.8 Å². The molecule has 0 atom stereocenters. The molecule has 2 nitrogen and oxygen atoms in total. The van der Waals surface area contributed by atoms with E-state index in [-0.39, 0.29) is 23.0 Å². The Balaban J connectivity index is 2.51. The lowest BCUT2D eigenvalue weighted by Gasteiger charge is -2.16. The van der Waals surface area contributed by atoms with E-state index in [0.717, 1.165) is 10.0 Å². The van der Waals surface area contributed by atoms with Crippen LogP contribution in [0, 0.1) is 5.82 Å². The van der Waals surface area contributed by atoms with E-state index in [1.54, 1.807) is 12.1 Å². The van der Waals surface area contributed by atoms with Gasteiger partial charge in [-0.1, -0.05) is 35.8 Å². The highest BCUT2D eigenvalue weighted by atomic mass is 79.9. The van der Waals surface area contributed by atoms with Gasteiger partial charge in [0.1, 0.15) is 5.75 Å². The number of ketones is 1. The molecule has 0 bridgehead atoms. The Bertz CT molecular complexity index is 680. The lowest BCUT2D eigenvalue weighted by atomic mass is 10.0. The van der Waals surface area contributed by atoms with E-state index in [2.05, 4.69) is 15.9 Å². The number of Topliss-reactive ketones (excluding diaryl/α,β-unsaturated/α-hetero) is 1. The fourth-order valence-corrected chi connectivity index (χ4v) is 2.44. The predicted octanol–water partition coefficient (Wildman–Crippen LogP) is 5.71. The maximum absolute atomic E-state index is 14.0. The largest absolute Gasteiger partial charge is 0.453 e. The van der Waals surface area contributed by atoms with Gasteiger partial charge in [0.2, 0.25) is 0 Å². The summed E-state index contributed by atoms with van der Waals surface area (Å²) in [5.74, 6) is -0.0203. The van der Waals surface area contributed by atoms with Crippen molar-refractivity contribution in [3.63, 3.8) is 0 Å². The van der Waals surface area contributed by atoms with Gasteiger partial charge in [-0.05, 0) is 48.7 Å². The van der Waals surface area contributed by atoms with Crippen molar-refractivity contribution in [2.75, 3.05) is 0 Å². The van der Waals surface area contributed by atoms with Gasteiger partial charge in [-0.3, -0.25) is 4.79 Å². The summed E-state index contributed by atoms with van der Waals surface area (Å²) in [7, 11) is 0. The highest BCUT2D eigenvalue weighted by Gasteiger charge is 2.17. The van der Waals surface area contributed by atoms with Gasteiger partial charge >= 0.3 is 0 Å². The van der Waals surface area contributed by atoms with Crippen LogP contribution < -0.4 is 4.74 Å². The molecule has 0 saturated heterocycles. The molecule has 0 aliphatic carbocycles. The molecular weight excluding hydrogens is 335 g/mol. The van der Waals surface area contributed by atoms with Gasteiger partial charge in [-0.25, -0.2) is 4.39 Å². The van der Waals surface area contributed by atoms with E-state index in [4.69, 9.17) is 4.74 Å². The molecule has 0 N–H and O–H groups in total. The van der Waals surface area contributed by atoms with Gasteiger partial charge in [0.15, 0.2) is 17.3 Å². The molecular formula is C17H16BrFO2. The quantitative estimate of drug-likeness (QED) is 0.660. The van der Waals surface area contributed by atoms with Crippen molar-refractivity contribution in [3.8, 4) is 11.5 Å². The lowest BCUT2D eigenvalue weighted by Crippen LogP contribution is -2.01. The fourth-order valence-electron chi connectivity index (χ4n) is 2.06. The molecule has 0 saturated carbocycles. The maximum atomic E-state index is 14.0. The Morgan fingerprint density at radius 3 is 2.57 bits per heavy atom. The summed E-state index contributed by atoms with van der Waals surface area (Å²) in [6.07, 6.45) is 0. The summed E-state index contributed by atoms with van der Waals surface area (Å²) in [5.41, 5.74) is 1.19. The number of carbonyl (C=O) groups excluding carboxylic acids is 1. The molecule has 0 spiro atoms. The number of ether oxygens (including phenoxy) is 1. The third-order valence-corrected chi connectivity index (χ3v) is 3.65. The minimum absolute atomic E-state index is 0.0192. The number of para-hydroxylation sites is 1. The van der Waals surface area contributed by atoms with E-state index < -0.39 is 5.82 Å². The SMILES string of the molecule is CC(=O)c1cccc(F)c1Oc1ccc(Br)cc1C(C)C. The van der Waals surface area contributed by atoms with E-state index in [9.17, 15) is 9.18 Å². The van der Waals surface area contributed by atoms with Crippen LogP contribution in [0.3, 0.4) is 0 Å². The highest BCUT2D eigenvalue weighted by molar-refractivity contribution is 9.10. The van der Waals surface area contributed by atoms with Crippen molar-refractivity contribution in [2.24, 2.45) is 0 Å². The molecule has 0 unspecified atom stereocenters. The number of benzene rings is 2. The first-order valence-electron chi connectivity index (χ1n) is 6.67. The second-order valence-corrected chi connectivity index (χ2v) is 6.03. The summed E-state index contributed by atoms with van der Waals surface area (Å²) in [6.45, 7) is 5.45. The number of carbonyl (C=O) groups is 1. The van der Waals surface area contributed by atoms with Crippen LogP contribution in [-0.2, 0) is 0 Å². The van der Waals surface area contributed by atoms with E-state index in [1.807, 2.05) is 26.0 Å². The molecule has 0 fully saturated rings. The van der Waals surface area contributed by atoms with Crippen LogP contribution in [0.1, 0.15) is 42.6 Å². The second kappa shape index (κ2) is 6.39. The monoisotopic (exact) mass is 350 g/mol. The van der Waals surface area contributed by atoms with E-state index in [1.165, 1.54) is 19.1 Å². The second-order valence-electron chi connectivity index (χ2n) is 5.11. The Morgan fingerprint density at radius 1 is 1.24 bits per heavy atom. The molecule has 0 aliphatic heterocycles. The predicted molar refractivity (Wildman–Crippen MR) is 84.7 cm³/mol. The topological polar surface area (TPSA) is 26.3 Å². The third-order valence-electron chi connectivity index (χ3n) is 3.15. The average Bonchev–Trinajstić information content (AvgIpc) is 2.42. The van der Waals surface area contributed by atoms with Crippen LogP contribution in [0.15, 0.2) is 40.9 Å². The minimum atomic E-state index is -0.541. The summed E-state index contributed by atoms with van der Waals surface area (Å²) < 4.78 is 20.7. The molecule has 2 aromatic rings. The smallest absolute Gasteiger partial charge is 0.173 e. The van der Waals surface area contributed by atoms with Crippen LogP contribution >= 0.6 is 15.9 Å². The van der Waals surface area contributed by atoms with Gasteiger partial charge < -0.3 is 4.74 Å². The zero-order chi connectivity index (χ0) is 15.6. The first kappa shape index (κ1) is 15.7. The van der Waals surface area contributed by atoms with Crippen molar-refractivity contribution < 1.29 is 13.9 Å². The van der Waals surface area contributed by atoms with Crippen LogP contribution in [0.4, 0.5) is 4.39 Å². The molecule has 2 rings (SSSR count). The Labute approximate surface area is 132 Å². The maximum Gasteiger partial charge on any atom is 0.173 e. The van der Waals surface area contributed by atoms with Crippen molar-refractivity contribution in [1.82, 2.24) is 0 Å². The average molecular weight is 351 g/mol. The summed E-state index contributed by atoms with van der Waals surface area (Å²) in [6, 6.07) is 9.90. The molecule has 0 heterocycles. The van der Waals surface area contributed by atoms with E-state index in [0.29, 0.717) is 5.75 Å².